The first-order valence-electron chi connectivity index (χ1n) is 5.31. The van der Waals surface area contributed by atoms with Crippen molar-refractivity contribution in [1.29, 1.82) is 0 Å². The van der Waals surface area contributed by atoms with Gasteiger partial charge < -0.3 is 15.2 Å². The summed E-state index contributed by atoms with van der Waals surface area (Å²) in [5, 5.41) is 0. The zero-order valence-corrected chi connectivity index (χ0v) is 9.09. The number of benzene rings is 1. The number of ether oxygens (including phenoxy) is 2. The molecule has 0 unspecified atom stereocenters. The van der Waals surface area contributed by atoms with E-state index in [1.807, 2.05) is 0 Å². The quantitative estimate of drug-likeness (QED) is 0.762. The molecule has 0 aromatic heterocycles. The van der Waals surface area contributed by atoms with E-state index in [1.54, 1.807) is 0 Å². The molecule has 80 valence electrons. The molecule has 2 aliphatic rings. The minimum absolute atomic E-state index is 0.101. The highest BCUT2D eigenvalue weighted by Gasteiger charge is 2.42. The van der Waals surface area contributed by atoms with Gasteiger partial charge in [0.25, 0.3) is 0 Å². The van der Waals surface area contributed by atoms with Crippen LogP contribution in [0, 0.1) is 13.8 Å². The molecule has 1 aromatic carbocycles. The maximum absolute atomic E-state index is 6.24. The second-order valence-electron chi connectivity index (χ2n) is 4.56. The fourth-order valence-electron chi connectivity index (χ4n) is 2.22. The number of hydrogen-bond acceptors (Lipinski definition) is 3. The Morgan fingerprint density at radius 2 is 1.93 bits per heavy atom. The Kier molecular flexibility index (Phi) is 1.61. The van der Waals surface area contributed by atoms with Crippen molar-refractivity contribution in [3.63, 3.8) is 0 Å². The van der Waals surface area contributed by atoms with Gasteiger partial charge in [-0.05, 0) is 49.4 Å². The highest BCUT2D eigenvalue weighted by molar-refractivity contribution is 5.57. The van der Waals surface area contributed by atoms with Gasteiger partial charge in [0.15, 0.2) is 11.5 Å². The third-order valence-corrected chi connectivity index (χ3v) is 3.55. The van der Waals surface area contributed by atoms with E-state index in [9.17, 15) is 0 Å². The predicted molar refractivity (Wildman–Crippen MR) is 57.1 cm³/mol. The molecule has 1 fully saturated rings. The Labute approximate surface area is 89.2 Å². The summed E-state index contributed by atoms with van der Waals surface area (Å²) in [5.74, 6) is 1.74. The van der Waals surface area contributed by atoms with Gasteiger partial charge in [0.1, 0.15) is 0 Å². The lowest BCUT2D eigenvalue weighted by Gasteiger charge is -2.16. The van der Waals surface area contributed by atoms with Crippen LogP contribution >= 0.6 is 0 Å². The van der Waals surface area contributed by atoms with Crippen LogP contribution in [0.25, 0.3) is 0 Å². The van der Waals surface area contributed by atoms with Gasteiger partial charge in [-0.1, -0.05) is 0 Å². The van der Waals surface area contributed by atoms with Crippen LogP contribution in [0.1, 0.15) is 29.5 Å². The molecule has 1 aliphatic carbocycles. The first-order valence-corrected chi connectivity index (χ1v) is 5.31. The summed E-state index contributed by atoms with van der Waals surface area (Å²) in [6.45, 7) is 4.51. The summed E-state index contributed by atoms with van der Waals surface area (Å²) in [5.41, 5.74) is 9.77. The average Bonchev–Trinajstić information content (AvgIpc) is 2.80. The Bertz CT molecular complexity index is 436. The lowest BCUT2D eigenvalue weighted by atomic mass is 9.95. The largest absolute Gasteiger partial charge is 0.454 e. The smallest absolute Gasteiger partial charge is 0.231 e. The molecular formula is C12H15NO2. The van der Waals surface area contributed by atoms with Crippen molar-refractivity contribution < 1.29 is 9.47 Å². The third kappa shape index (κ3) is 1.16. The summed E-state index contributed by atoms with van der Waals surface area (Å²) in [4.78, 5) is 0. The lowest BCUT2D eigenvalue weighted by molar-refractivity contribution is 0.173. The van der Waals surface area contributed by atoms with Crippen molar-refractivity contribution in [3.05, 3.63) is 22.8 Å². The van der Waals surface area contributed by atoms with E-state index in [2.05, 4.69) is 19.9 Å². The molecule has 2 N–H and O–H groups in total. The maximum atomic E-state index is 6.24. The van der Waals surface area contributed by atoms with Gasteiger partial charge in [-0.15, -0.1) is 0 Å². The van der Waals surface area contributed by atoms with Gasteiger partial charge in [0.05, 0.1) is 0 Å². The fourth-order valence-corrected chi connectivity index (χ4v) is 2.22. The van der Waals surface area contributed by atoms with E-state index in [1.165, 1.54) is 11.1 Å². The van der Waals surface area contributed by atoms with Gasteiger partial charge in [-0.25, -0.2) is 0 Å². The monoisotopic (exact) mass is 205 g/mol. The van der Waals surface area contributed by atoms with Crippen molar-refractivity contribution in [3.8, 4) is 11.5 Å². The van der Waals surface area contributed by atoms with E-state index in [-0.39, 0.29) is 5.54 Å². The molecule has 0 saturated heterocycles. The zero-order valence-electron chi connectivity index (χ0n) is 9.09. The van der Waals surface area contributed by atoms with Crippen LogP contribution in [0.2, 0.25) is 0 Å². The third-order valence-electron chi connectivity index (χ3n) is 3.55. The molecule has 0 atom stereocenters. The molecule has 0 bridgehead atoms. The summed E-state index contributed by atoms with van der Waals surface area (Å²) >= 11 is 0. The number of rotatable bonds is 1. The van der Waals surface area contributed by atoms with Crippen molar-refractivity contribution in [2.45, 2.75) is 32.2 Å². The number of hydrogen-bond donors (Lipinski definition) is 1. The molecule has 0 amide bonds. The summed E-state index contributed by atoms with van der Waals surface area (Å²) in [7, 11) is 0. The molecule has 15 heavy (non-hydrogen) atoms. The standard InChI is InChI=1S/C12H15NO2/c1-7-8(2)11-10(14-6-15-11)5-9(7)12(13)3-4-12/h5H,3-4,6,13H2,1-2H3. The van der Waals surface area contributed by atoms with Gasteiger partial charge in [-0.2, -0.15) is 0 Å². The molecule has 3 nitrogen and oxygen atoms in total. The van der Waals surface area contributed by atoms with Crippen molar-refractivity contribution in [1.82, 2.24) is 0 Å². The predicted octanol–water partition coefficient (Wildman–Crippen LogP) is 1.98. The molecule has 0 spiro atoms. The maximum Gasteiger partial charge on any atom is 0.231 e. The normalized spacial score (nSPS) is 20.5. The highest BCUT2D eigenvalue weighted by atomic mass is 16.7. The minimum atomic E-state index is -0.101. The van der Waals surface area contributed by atoms with Crippen LogP contribution < -0.4 is 15.2 Å². The van der Waals surface area contributed by atoms with Crippen LogP contribution in [0.5, 0.6) is 11.5 Å². The minimum Gasteiger partial charge on any atom is -0.454 e. The molecule has 1 heterocycles. The second kappa shape index (κ2) is 2.67. The molecule has 3 heteroatoms. The molecule has 1 saturated carbocycles. The first-order chi connectivity index (χ1) is 7.12. The lowest BCUT2D eigenvalue weighted by Crippen LogP contribution is -2.20. The van der Waals surface area contributed by atoms with Gasteiger partial charge in [0, 0.05) is 5.54 Å². The molecule has 1 aromatic rings. The van der Waals surface area contributed by atoms with Crippen molar-refractivity contribution in [2.24, 2.45) is 5.73 Å². The highest BCUT2D eigenvalue weighted by Crippen LogP contribution is 2.49. The van der Waals surface area contributed by atoms with Gasteiger partial charge in [0.2, 0.25) is 6.79 Å². The number of fused-ring (bicyclic) bond motifs is 1. The van der Waals surface area contributed by atoms with E-state index < -0.39 is 0 Å². The SMILES string of the molecule is Cc1c(C2(N)CC2)cc2c(c1C)OCO2. The first kappa shape index (κ1) is 9.04. The Morgan fingerprint density at radius 1 is 1.20 bits per heavy atom. The average molecular weight is 205 g/mol. The molecule has 3 rings (SSSR count). The molecular weight excluding hydrogens is 190 g/mol. The van der Waals surface area contributed by atoms with E-state index in [0.717, 1.165) is 29.9 Å². The molecule has 1 aliphatic heterocycles. The van der Waals surface area contributed by atoms with Gasteiger partial charge in [-0.3, -0.25) is 0 Å². The van der Waals surface area contributed by atoms with Crippen LogP contribution in [-0.4, -0.2) is 6.79 Å². The van der Waals surface area contributed by atoms with Crippen molar-refractivity contribution >= 4 is 0 Å². The second-order valence-corrected chi connectivity index (χ2v) is 4.56. The van der Waals surface area contributed by atoms with Crippen LogP contribution in [0.15, 0.2) is 6.07 Å². The van der Waals surface area contributed by atoms with Crippen LogP contribution in [0.3, 0.4) is 0 Å². The van der Waals surface area contributed by atoms with Crippen LogP contribution in [-0.2, 0) is 5.54 Å². The zero-order chi connectivity index (χ0) is 10.6. The number of nitrogens with two attached hydrogens (primary N) is 1. The summed E-state index contributed by atoms with van der Waals surface area (Å²) in [6.07, 6.45) is 2.15. The molecule has 0 radical (unpaired) electrons. The Hall–Kier alpha value is -1.22. The van der Waals surface area contributed by atoms with Gasteiger partial charge >= 0.3 is 0 Å². The summed E-state index contributed by atoms with van der Waals surface area (Å²) in [6, 6.07) is 2.05. The Balaban J connectivity index is 2.20. The van der Waals surface area contributed by atoms with E-state index in [0.29, 0.717) is 6.79 Å². The van der Waals surface area contributed by atoms with Crippen molar-refractivity contribution in [2.75, 3.05) is 6.79 Å². The fraction of sp³-hybridized carbons (Fsp3) is 0.500. The Morgan fingerprint density at radius 3 is 2.60 bits per heavy atom. The topological polar surface area (TPSA) is 44.5 Å². The van der Waals surface area contributed by atoms with E-state index in [4.69, 9.17) is 15.2 Å². The van der Waals surface area contributed by atoms with E-state index >= 15 is 0 Å². The van der Waals surface area contributed by atoms with Crippen LogP contribution in [0.4, 0.5) is 0 Å². The summed E-state index contributed by atoms with van der Waals surface area (Å²) < 4.78 is 10.9.